The molecule has 2 rings (SSSR count). The zero-order valence-electron chi connectivity index (χ0n) is 19.9. The maximum atomic E-state index is 13.2. The highest BCUT2D eigenvalue weighted by molar-refractivity contribution is 5.88. The van der Waals surface area contributed by atoms with Crippen LogP contribution in [0.3, 0.4) is 0 Å². The minimum atomic E-state index is -0.543. The van der Waals surface area contributed by atoms with Crippen molar-refractivity contribution >= 4 is 11.8 Å². The molecule has 2 amide bonds. The van der Waals surface area contributed by atoms with Crippen molar-refractivity contribution in [3.63, 3.8) is 0 Å². The van der Waals surface area contributed by atoms with Gasteiger partial charge in [-0.25, -0.2) is 0 Å². The number of hydrogen-bond donors (Lipinski definition) is 1. The Morgan fingerprint density at radius 1 is 1.00 bits per heavy atom. The third-order valence-electron chi connectivity index (χ3n) is 4.94. The molecular formula is C26H36N2O4. The highest BCUT2D eigenvalue weighted by Crippen LogP contribution is 2.18. The van der Waals surface area contributed by atoms with E-state index in [0.29, 0.717) is 32.4 Å². The first-order valence-corrected chi connectivity index (χ1v) is 11.2. The molecule has 2 aromatic carbocycles. The average Bonchev–Trinajstić information content (AvgIpc) is 2.76. The van der Waals surface area contributed by atoms with Crippen molar-refractivity contribution in [1.29, 1.82) is 0 Å². The summed E-state index contributed by atoms with van der Waals surface area (Å²) in [6, 6.07) is 16.6. The molecule has 1 N–H and O–H groups in total. The third-order valence-corrected chi connectivity index (χ3v) is 4.94. The van der Waals surface area contributed by atoms with Crippen molar-refractivity contribution in [3.05, 3.63) is 60.2 Å². The first-order chi connectivity index (χ1) is 15.2. The molecule has 6 nitrogen and oxygen atoms in total. The summed E-state index contributed by atoms with van der Waals surface area (Å²) >= 11 is 0. The standard InChI is InChI=1S/C26H36N2O4/c1-6-23(25(30)27-26(2,3)4)28(19-20-14-16-21(31-5)17-15-20)24(29)13-10-18-32-22-11-8-7-9-12-22/h7-9,11-12,14-17,23H,6,10,13,18-19H2,1-5H3,(H,27,30)/t23-/m0/s1. The summed E-state index contributed by atoms with van der Waals surface area (Å²) in [7, 11) is 1.62. The number of carbonyl (C=O) groups excluding carboxylic acids is 2. The van der Waals surface area contributed by atoms with Gasteiger partial charge in [0, 0.05) is 18.5 Å². The molecule has 0 radical (unpaired) electrons. The Morgan fingerprint density at radius 3 is 2.22 bits per heavy atom. The van der Waals surface area contributed by atoms with E-state index in [1.54, 1.807) is 12.0 Å². The van der Waals surface area contributed by atoms with Crippen LogP contribution in [-0.4, -0.2) is 42.0 Å². The third kappa shape index (κ3) is 8.25. The predicted molar refractivity (Wildman–Crippen MR) is 127 cm³/mol. The van der Waals surface area contributed by atoms with E-state index in [0.717, 1.165) is 17.1 Å². The van der Waals surface area contributed by atoms with E-state index in [4.69, 9.17) is 9.47 Å². The maximum Gasteiger partial charge on any atom is 0.243 e. The number of carbonyl (C=O) groups is 2. The van der Waals surface area contributed by atoms with E-state index in [9.17, 15) is 9.59 Å². The van der Waals surface area contributed by atoms with Crippen molar-refractivity contribution in [1.82, 2.24) is 10.2 Å². The van der Waals surface area contributed by atoms with Crippen LogP contribution < -0.4 is 14.8 Å². The van der Waals surface area contributed by atoms with E-state index in [1.807, 2.05) is 82.3 Å². The minimum absolute atomic E-state index is 0.0617. The van der Waals surface area contributed by atoms with Gasteiger partial charge in [0.25, 0.3) is 0 Å². The van der Waals surface area contributed by atoms with Gasteiger partial charge in [-0.05, 0) is 63.4 Å². The molecule has 0 fully saturated rings. The number of nitrogens with zero attached hydrogens (tertiary/aromatic N) is 1. The quantitative estimate of drug-likeness (QED) is 0.520. The molecule has 0 spiro atoms. The smallest absolute Gasteiger partial charge is 0.243 e. The fourth-order valence-corrected chi connectivity index (χ4v) is 3.37. The highest BCUT2D eigenvalue weighted by atomic mass is 16.5. The lowest BCUT2D eigenvalue weighted by Crippen LogP contribution is -2.53. The van der Waals surface area contributed by atoms with E-state index in [1.165, 1.54) is 0 Å². The molecule has 32 heavy (non-hydrogen) atoms. The second-order valence-corrected chi connectivity index (χ2v) is 8.80. The number of hydrogen-bond acceptors (Lipinski definition) is 4. The molecule has 1 atom stereocenters. The summed E-state index contributed by atoms with van der Waals surface area (Å²) in [6.45, 7) is 8.55. The normalized spacial score (nSPS) is 12.0. The van der Waals surface area contributed by atoms with E-state index >= 15 is 0 Å². The van der Waals surface area contributed by atoms with Crippen LogP contribution in [0.25, 0.3) is 0 Å². The van der Waals surface area contributed by atoms with Gasteiger partial charge >= 0.3 is 0 Å². The Labute approximate surface area is 191 Å². The first-order valence-electron chi connectivity index (χ1n) is 11.2. The van der Waals surface area contributed by atoms with Gasteiger partial charge < -0.3 is 19.7 Å². The summed E-state index contributed by atoms with van der Waals surface area (Å²) < 4.78 is 10.9. The van der Waals surface area contributed by atoms with Crippen LogP contribution in [0.1, 0.15) is 52.5 Å². The molecule has 0 heterocycles. The predicted octanol–water partition coefficient (Wildman–Crippen LogP) is 4.58. The van der Waals surface area contributed by atoms with Crippen molar-refractivity contribution in [2.24, 2.45) is 0 Å². The van der Waals surface area contributed by atoms with Gasteiger partial charge in [-0.3, -0.25) is 9.59 Å². The van der Waals surface area contributed by atoms with Crippen molar-refractivity contribution in [3.8, 4) is 11.5 Å². The van der Waals surface area contributed by atoms with Crippen LogP contribution in [0, 0.1) is 0 Å². The van der Waals surface area contributed by atoms with Gasteiger partial charge in [0.2, 0.25) is 11.8 Å². The van der Waals surface area contributed by atoms with Crippen LogP contribution in [0.4, 0.5) is 0 Å². The summed E-state index contributed by atoms with van der Waals surface area (Å²) in [5, 5.41) is 3.02. The lowest BCUT2D eigenvalue weighted by molar-refractivity contribution is -0.142. The zero-order chi connectivity index (χ0) is 23.6. The Hall–Kier alpha value is -3.02. The second-order valence-electron chi connectivity index (χ2n) is 8.80. The fourth-order valence-electron chi connectivity index (χ4n) is 3.37. The lowest BCUT2D eigenvalue weighted by Gasteiger charge is -2.33. The summed E-state index contributed by atoms with van der Waals surface area (Å²) in [4.78, 5) is 27.9. The number of nitrogens with one attached hydrogen (secondary N) is 1. The topological polar surface area (TPSA) is 67.9 Å². The largest absolute Gasteiger partial charge is 0.497 e. The molecule has 174 valence electrons. The van der Waals surface area contributed by atoms with Gasteiger partial charge in [-0.2, -0.15) is 0 Å². The molecule has 2 aromatic rings. The molecule has 0 bridgehead atoms. The Morgan fingerprint density at radius 2 is 1.66 bits per heavy atom. The SMILES string of the molecule is CC[C@@H](C(=O)NC(C)(C)C)N(Cc1ccc(OC)cc1)C(=O)CCCOc1ccccc1. The molecule has 0 saturated heterocycles. The molecule has 0 unspecified atom stereocenters. The average molecular weight is 441 g/mol. The number of amides is 2. The molecule has 0 saturated carbocycles. The minimum Gasteiger partial charge on any atom is -0.497 e. The number of ether oxygens (including phenoxy) is 2. The molecule has 0 aliphatic heterocycles. The van der Waals surface area contributed by atoms with Crippen LogP contribution >= 0.6 is 0 Å². The fraction of sp³-hybridized carbons (Fsp3) is 0.462. The van der Waals surface area contributed by atoms with Gasteiger partial charge in [0.1, 0.15) is 17.5 Å². The Balaban J connectivity index is 2.09. The second kappa shape index (κ2) is 12.1. The summed E-state index contributed by atoms with van der Waals surface area (Å²) in [5.41, 5.74) is 0.574. The summed E-state index contributed by atoms with van der Waals surface area (Å²) in [6.07, 6.45) is 1.41. The number of methoxy groups -OCH3 is 1. The molecular weight excluding hydrogens is 404 g/mol. The van der Waals surface area contributed by atoms with E-state index < -0.39 is 6.04 Å². The van der Waals surface area contributed by atoms with Gasteiger partial charge in [-0.15, -0.1) is 0 Å². The van der Waals surface area contributed by atoms with Crippen molar-refractivity contribution in [2.75, 3.05) is 13.7 Å². The maximum absolute atomic E-state index is 13.2. The first kappa shape index (κ1) is 25.2. The van der Waals surface area contributed by atoms with Gasteiger partial charge in [0.15, 0.2) is 0 Å². The molecule has 0 aromatic heterocycles. The highest BCUT2D eigenvalue weighted by Gasteiger charge is 2.30. The Kier molecular flexibility index (Phi) is 9.57. The Bertz CT molecular complexity index is 844. The van der Waals surface area contributed by atoms with E-state index in [2.05, 4.69) is 5.32 Å². The van der Waals surface area contributed by atoms with Crippen LogP contribution in [0.15, 0.2) is 54.6 Å². The molecule has 0 aliphatic rings. The summed E-state index contributed by atoms with van der Waals surface area (Å²) in [5.74, 6) is 1.34. The van der Waals surface area contributed by atoms with Crippen LogP contribution in [0.5, 0.6) is 11.5 Å². The zero-order valence-corrected chi connectivity index (χ0v) is 19.9. The molecule has 0 aliphatic carbocycles. The van der Waals surface area contributed by atoms with Crippen LogP contribution in [0.2, 0.25) is 0 Å². The number of para-hydroxylation sites is 1. The monoisotopic (exact) mass is 440 g/mol. The van der Waals surface area contributed by atoms with Gasteiger partial charge in [-0.1, -0.05) is 37.3 Å². The lowest BCUT2D eigenvalue weighted by atomic mass is 10.0. The van der Waals surface area contributed by atoms with Gasteiger partial charge in [0.05, 0.1) is 13.7 Å². The van der Waals surface area contributed by atoms with Crippen molar-refractivity contribution in [2.45, 2.75) is 65.1 Å². The van der Waals surface area contributed by atoms with E-state index in [-0.39, 0.29) is 17.4 Å². The molecule has 6 heteroatoms. The number of benzene rings is 2. The van der Waals surface area contributed by atoms with Crippen LogP contribution in [-0.2, 0) is 16.1 Å². The number of rotatable bonds is 11. The van der Waals surface area contributed by atoms with Crippen molar-refractivity contribution < 1.29 is 19.1 Å².